The molecule has 1 aliphatic heterocycles. The van der Waals surface area contributed by atoms with Crippen molar-refractivity contribution in [3.8, 4) is 17.2 Å². The molecule has 1 N–H and O–H groups in total. The van der Waals surface area contributed by atoms with Crippen molar-refractivity contribution in [1.29, 1.82) is 0 Å². The zero-order valence-corrected chi connectivity index (χ0v) is 18.4. The SMILES string of the molecule is CCOc1ccc(N2C(=O)c3oc4ccc(F)cc4c(=O)c3C2c2ccc(O)c(OC)c2)cc1. The number of methoxy groups -OCH3 is 1. The number of phenolic OH excluding ortho intramolecular Hbond substituents is 1. The maximum atomic E-state index is 13.9. The first kappa shape index (κ1) is 21.5. The summed E-state index contributed by atoms with van der Waals surface area (Å²) in [6.45, 7) is 2.36. The molecule has 3 aromatic carbocycles. The molecule has 34 heavy (non-hydrogen) atoms. The minimum absolute atomic E-state index is 0.0378. The van der Waals surface area contributed by atoms with Gasteiger partial charge in [0.2, 0.25) is 5.76 Å². The van der Waals surface area contributed by atoms with Gasteiger partial charge >= 0.3 is 0 Å². The second-order valence-electron chi connectivity index (χ2n) is 7.75. The first-order chi connectivity index (χ1) is 16.4. The topological polar surface area (TPSA) is 89.2 Å². The van der Waals surface area contributed by atoms with Crippen molar-refractivity contribution in [3.05, 3.63) is 93.6 Å². The van der Waals surface area contributed by atoms with E-state index in [1.54, 1.807) is 36.4 Å². The Morgan fingerprint density at radius 2 is 1.82 bits per heavy atom. The normalized spacial score (nSPS) is 15.0. The van der Waals surface area contributed by atoms with Crippen molar-refractivity contribution in [3.63, 3.8) is 0 Å². The Morgan fingerprint density at radius 3 is 2.53 bits per heavy atom. The van der Waals surface area contributed by atoms with Gasteiger partial charge in [0, 0.05) is 5.69 Å². The number of anilines is 1. The zero-order chi connectivity index (χ0) is 24.0. The maximum absolute atomic E-state index is 13.9. The monoisotopic (exact) mass is 461 g/mol. The van der Waals surface area contributed by atoms with Crippen LogP contribution in [-0.4, -0.2) is 24.7 Å². The van der Waals surface area contributed by atoms with Gasteiger partial charge in [0.15, 0.2) is 16.9 Å². The predicted octanol–water partition coefficient (Wildman–Crippen LogP) is 4.79. The molecule has 0 saturated heterocycles. The van der Waals surface area contributed by atoms with Crippen LogP contribution in [0, 0.1) is 5.82 Å². The fraction of sp³-hybridized carbons (Fsp3) is 0.154. The number of benzene rings is 3. The number of hydrogen-bond donors (Lipinski definition) is 1. The molecule has 2 heterocycles. The van der Waals surface area contributed by atoms with Gasteiger partial charge < -0.3 is 19.0 Å². The van der Waals surface area contributed by atoms with Crippen LogP contribution in [0.3, 0.4) is 0 Å². The second kappa shape index (κ2) is 8.22. The highest BCUT2D eigenvalue weighted by molar-refractivity contribution is 6.10. The molecule has 0 radical (unpaired) electrons. The number of aromatic hydroxyl groups is 1. The first-order valence-electron chi connectivity index (χ1n) is 10.6. The number of halogens is 1. The molecule has 1 aliphatic rings. The van der Waals surface area contributed by atoms with E-state index in [4.69, 9.17) is 13.9 Å². The van der Waals surface area contributed by atoms with Gasteiger partial charge in [-0.15, -0.1) is 0 Å². The van der Waals surface area contributed by atoms with E-state index in [2.05, 4.69) is 0 Å². The van der Waals surface area contributed by atoms with E-state index in [0.717, 1.165) is 6.07 Å². The lowest BCUT2D eigenvalue weighted by molar-refractivity contribution is 0.0971. The van der Waals surface area contributed by atoms with Gasteiger partial charge in [0.05, 0.1) is 30.7 Å². The van der Waals surface area contributed by atoms with Gasteiger partial charge in [0.1, 0.15) is 17.1 Å². The third-order valence-electron chi connectivity index (χ3n) is 5.78. The molecule has 1 atom stereocenters. The summed E-state index contributed by atoms with van der Waals surface area (Å²) in [5, 5.41) is 10.1. The molecule has 1 amide bonds. The molecular formula is C26H20FNO6. The smallest absolute Gasteiger partial charge is 0.295 e. The minimum Gasteiger partial charge on any atom is -0.504 e. The number of carbonyl (C=O) groups is 1. The summed E-state index contributed by atoms with van der Waals surface area (Å²) in [4.78, 5) is 28.6. The van der Waals surface area contributed by atoms with Crippen molar-refractivity contribution >= 4 is 22.6 Å². The third-order valence-corrected chi connectivity index (χ3v) is 5.78. The van der Waals surface area contributed by atoms with Crippen LogP contribution in [0.25, 0.3) is 11.0 Å². The molecule has 0 aliphatic carbocycles. The molecule has 0 spiro atoms. The standard InChI is InChI=1S/C26H20FNO6/c1-3-33-17-8-6-16(7-9-17)28-23(14-4-10-19(29)21(12-14)32-2)22-24(30)18-13-15(27)5-11-20(18)34-25(22)26(28)31/h4-13,23,29H,3H2,1-2H3. The van der Waals surface area contributed by atoms with Crippen LogP contribution < -0.4 is 19.8 Å². The highest BCUT2D eigenvalue weighted by Gasteiger charge is 2.44. The van der Waals surface area contributed by atoms with Crippen LogP contribution in [0.4, 0.5) is 10.1 Å². The number of phenols is 1. The summed E-state index contributed by atoms with van der Waals surface area (Å²) in [5.74, 6) is -0.490. The number of nitrogens with zero attached hydrogens (tertiary/aromatic N) is 1. The van der Waals surface area contributed by atoms with E-state index < -0.39 is 23.2 Å². The molecule has 1 unspecified atom stereocenters. The molecule has 0 bridgehead atoms. The van der Waals surface area contributed by atoms with Crippen LogP contribution in [0.5, 0.6) is 17.2 Å². The Hall–Kier alpha value is -4.33. The fourth-order valence-electron chi connectivity index (χ4n) is 4.26. The highest BCUT2D eigenvalue weighted by atomic mass is 19.1. The van der Waals surface area contributed by atoms with Crippen LogP contribution in [0.15, 0.2) is 69.9 Å². The highest BCUT2D eigenvalue weighted by Crippen LogP contribution is 2.43. The van der Waals surface area contributed by atoms with Gasteiger partial charge in [-0.3, -0.25) is 14.5 Å². The number of rotatable bonds is 5. The molecular weight excluding hydrogens is 441 g/mol. The lowest BCUT2D eigenvalue weighted by Crippen LogP contribution is -2.29. The van der Waals surface area contributed by atoms with Crippen LogP contribution in [-0.2, 0) is 0 Å². The van der Waals surface area contributed by atoms with Gasteiger partial charge in [-0.25, -0.2) is 4.39 Å². The van der Waals surface area contributed by atoms with E-state index in [9.17, 15) is 19.1 Å². The van der Waals surface area contributed by atoms with Crippen molar-refractivity contribution in [2.75, 3.05) is 18.6 Å². The summed E-state index contributed by atoms with van der Waals surface area (Å²) in [7, 11) is 1.40. The zero-order valence-electron chi connectivity index (χ0n) is 18.4. The Morgan fingerprint density at radius 1 is 1.06 bits per heavy atom. The van der Waals surface area contributed by atoms with E-state index >= 15 is 0 Å². The van der Waals surface area contributed by atoms with Crippen LogP contribution in [0.1, 0.15) is 34.6 Å². The largest absolute Gasteiger partial charge is 0.504 e. The van der Waals surface area contributed by atoms with Gasteiger partial charge in [-0.1, -0.05) is 6.07 Å². The number of amides is 1. The molecule has 5 rings (SSSR count). The molecule has 0 fully saturated rings. The predicted molar refractivity (Wildman–Crippen MR) is 123 cm³/mol. The lowest BCUT2D eigenvalue weighted by atomic mass is 9.97. The number of ether oxygens (including phenoxy) is 2. The Balaban J connectivity index is 1.76. The van der Waals surface area contributed by atoms with E-state index in [1.165, 1.54) is 30.2 Å². The average molecular weight is 461 g/mol. The summed E-state index contributed by atoms with van der Waals surface area (Å²) < 4.78 is 30.5. The van der Waals surface area contributed by atoms with Crippen molar-refractivity contribution in [2.45, 2.75) is 13.0 Å². The third kappa shape index (κ3) is 3.35. The Bertz CT molecular complexity index is 1480. The summed E-state index contributed by atoms with van der Waals surface area (Å²) in [6, 6.07) is 14.2. The summed E-state index contributed by atoms with van der Waals surface area (Å²) >= 11 is 0. The summed E-state index contributed by atoms with van der Waals surface area (Å²) in [5.41, 5.74) is 0.721. The number of fused-ring (bicyclic) bond motifs is 2. The number of hydrogen-bond acceptors (Lipinski definition) is 6. The lowest BCUT2D eigenvalue weighted by Gasteiger charge is -2.25. The van der Waals surface area contributed by atoms with E-state index in [-0.39, 0.29) is 33.8 Å². The average Bonchev–Trinajstić information content (AvgIpc) is 3.13. The van der Waals surface area contributed by atoms with E-state index in [0.29, 0.717) is 23.6 Å². The molecule has 172 valence electrons. The van der Waals surface area contributed by atoms with Crippen molar-refractivity contribution in [1.82, 2.24) is 0 Å². The van der Waals surface area contributed by atoms with E-state index in [1.807, 2.05) is 6.92 Å². The van der Waals surface area contributed by atoms with Gasteiger partial charge in [0.25, 0.3) is 5.91 Å². The van der Waals surface area contributed by atoms with Gasteiger partial charge in [-0.05, 0) is 67.1 Å². The minimum atomic E-state index is -0.890. The molecule has 8 heteroatoms. The molecule has 7 nitrogen and oxygen atoms in total. The Kier molecular flexibility index (Phi) is 5.20. The van der Waals surface area contributed by atoms with Gasteiger partial charge in [-0.2, -0.15) is 0 Å². The van der Waals surface area contributed by atoms with Crippen molar-refractivity contribution in [2.24, 2.45) is 0 Å². The summed E-state index contributed by atoms with van der Waals surface area (Å²) in [6.07, 6.45) is 0. The second-order valence-corrected chi connectivity index (χ2v) is 7.75. The fourth-order valence-corrected chi connectivity index (χ4v) is 4.26. The number of carbonyl (C=O) groups excluding carboxylic acids is 1. The van der Waals surface area contributed by atoms with Crippen molar-refractivity contribution < 1.29 is 28.2 Å². The maximum Gasteiger partial charge on any atom is 0.295 e. The molecule has 1 aromatic heterocycles. The molecule has 4 aromatic rings. The van der Waals surface area contributed by atoms with Crippen LogP contribution >= 0.6 is 0 Å². The quantitative estimate of drug-likeness (QED) is 0.460. The molecule has 0 saturated carbocycles. The van der Waals surface area contributed by atoms with Crippen LogP contribution in [0.2, 0.25) is 0 Å². The first-order valence-corrected chi connectivity index (χ1v) is 10.6. The Labute approximate surface area is 193 Å².